The number of ether oxygens (including phenoxy) is 1. The lowest BCUT2D eigenvalue weighted by atomic mass is 10.3. The second kappa shape index (κ2) is 8.05. The molecule has 6 nitrogen and oxygen atoms in total. The maximum atomic E-state index is 11.6. The zero-order valence-corrected chi connectivity index (χ0v) is 13.8. The number of hydrogen-bond acceptors (Lipinski definition) is 6. The predicted molar refractivity (Wildman–Crippen MR) is 84.1 cm³/mol. The van der Waals surface area contributed by atoms with E-state index in [-0.39, 0.29) is 17.8 Å². The van der Waals surface area contributed by atoms with E-state index >= 15 is 0 Å². The van der Waals surface area contributed by atoms with E-state index in [1.54, 1.807) is 31.2 Å². The van der Waals surface area contributed by atoms with Gasteiger partial charge in [0.15, 0.2) is 6.61 Å². The Morgan fingerprint density at radius 3 is 2.82 bits per heavy atom. The first-order valence-electron chi connectivity index (χ1n) is 6.73. The monoisotopic (exact) mass is 341 g/mol. The number of aromatic nitrogens is 2. The first kappa shape index (κ1) is 16.6. The molecule has 0 saturated carbocycles. The summed E-state index contributed by atoms with van der Waals surface area (Å²) in [5.74, 6) is 0.942. The average molecular weight is 342 g/mol. The van der Waals surface area contributed by atoms with Crippen molar-refractivity contribution in [1.29, 1.82) is 0 Å². The molecule has 1 atom stereocenters. The molecule has 22 heavy (non-hydrogen) atoms. The first-order valence-corrected chi connectivity index (χ1v) is 7.99. The Bertz CT molecular complexity index is 618. The third-order valence-electron chi connectivity index (χ3n) is 2.62. The van der Waals surface area contributed by atoms with E-state index in [0.717, 1.165) is 0 Å². The fourth-order valence-electron chi connectivity index (χ4n) is 1.54. The van der Waals surface area contributed by atoms with Crippen LogP contribution in [0.2, 0.25) is 5.02 Å². The van der Waals surface area contributed by atoms with Gasteiger partial charge >= 0.3 is 0 Å². The molecule has 8 heteroatoms. The third-order valence-corrected chi connectivity index (χ3v) is 3.81. The van der Waals surface area contributed by atoms with Gasteiger partial charge in [-0.2, -0.15) is 0 Å². The molecule has 0 bridgehead atoms. The van der Waals surface area contributed by atoms with E-state index in [2.05, 4.69) is 15.5 Å². The van der Waals surface area contributed by atoms with Crippen LogP contribution in [0.1, 0.15) is 19.7 Å². The van der Waals surface area contributed by atoms with Crippen LogP contribution < -0.4 is 10.1 Å². The summed E-state index contributed by atoms with van der Waals surface area (Å²) in [7, 11) is 0. The Balaban J connectivity index is 1.86. The number of carbonyl (C=O) groups is 1. The SMILES string of the molecule is CCNC(=O)C(C)Sc1nnc(COc2ccc(Cl)cc2)o1. The van der Waals surface area contributed by atoms with Crippen LogP contribution in [0, 0.1) is 0 Å². The number of nitrogens with one attached hydrogen (secondary N) is 1. The zero-order valence-electron chi connectivity index (χ0n) is 12.2. The van der Waals surface area contributed by atoms with Crippen LogP contribution in [0.5, 0.6) is 5.75 Å². The van der Waals surface area contributed by atoms with E-state index < -0.39 is 0 Å². The van der Waals surface area contributed by atoms with Crippen molar-refractivity contribution in [3.05, 3.63) is 35.2 Å². The van der Waals surface area contributed by atoms with Gasteiger partial charge in [0.05, 0.1) is 5.25 Å². The smallest absolute Gasteiger partial charge is 0.277 e. The number of thioether (sulfide) groups is 1. The molecule has 0 radical (unpaired) electrons. The van der Waals surface area contributed by atoms with Crippen LogP contribution in [0.15, 0.2) is 33.9 Å². The fraction of sp³-hybridized carbons (Fsp3) is 0.357. The number of nitrogens with zero attached hydrogens (tertiary/aromatic N) is 2. The van der Waals surface area contributed by atoms with Gasteiger partial charge in [-0.25, -0.2) is 0 Å². The Morgan fingerprint density at radius 1 is 1.41 bits per heavy atom. The summed E-state index contributed by atoms with van der Waals surface area (Å²) in [5.41, 5.74) is 0. The maximum Gasteiger partial charge on any atom is 0.277 e. The van der Waals surface area contributed by atoms with Crippen molar-refractivity contribution in [3.8, 4) is 5.75 Å². The summed E-state index contributed by atoms with van der Waals surface area (Å²) in [5, 5.41) is 11.2. The van der Waals surface area contributed by atoms with Gasteiger partial charge in [0, 0.05) is 11.6 Å². The highest BCUT2D eigenvalue weighted by Gasteiger charge is 2.17. The van der Waals surface area contributed by atoms with Crippen molar-refractivity contribution in [1.82, 2.24) is 15.5 Å². The van der Waals surface area contributed by atoms with Crippen molar-refractivity contribution in [2.75, 3.05) is 6.54 Å². The molecule has 1 aromatic carbocycles. The van der Waals surface area contributed by atoms with Crippen LogP contribution in [0.3, 0.4) is 0 Å². The summed E-state index contributed by atoms with van der Waals surface area (Å²) in [6, 6.07) is 6.98. The first-order chi connectivity index (χ1) is 10.6. The molecular formula is C14H16ClN3O3S. The highest BCUT2D eigenvalue weighted by atomic mass is 35.5. The van der Waals surface area contributed by atoms with Crippen LogP contribution in [0.4, 0.5) is 0 Å². The lowest BCUT2D eigenvalue weighted by Gasteiger charge is -2.07. The number of benzene rings is 1. The molecule has 1 unspecified atom stereocenters. The van der Waals surface area contributed by atoms with E-state index in [4.69, 9.17) is 20.8 Å². The third kappa shape index (κ3) is 4.92. The molecule has 2 aromatic rings. The summed E-state index contributed by atoms with van der Waals surface area (Å²) in [6.45, 7) is 4.40. The lowest BCUT2D eigenvalue weighted by molar-refractivity contribution is -0.120. The molecule has 1 N–H and O–H groups in total. The highest BCUT2D eigenvalue weighted by molar-refractivity contribution is 8.00. The summed E-state index contributed by atoms with van der Waals surface area (Å²) in [6.07, 6.45) is 0. The van der Waals surface area contributed by atoms with Crippen molar-refractivity contribution in [2.24, 2.45) is 0 Å². The Kier molecular flexibility index (Phi) is 6.09. The number of rotatable bonds is 7. The summed E-state index contributed by atoms with van der Waals surface area (Å²) in [4.78, 5) is 11.6. The van der Waals surface area contributed by atoms with Gasteiger partial charge in [0.2, 0.25) is 5.91 Å². The number of carbonyl (C=O) groups excluding carboxylic acids is 1. The fourth-order valence-corrected chi connectivity index (χ4v) is 2.39. The van der Waals surface area contributed by atoms with Gasteiger partial charge in [-0.15, -0.1) is 10.2 Å². The van der Waals surface area contributed by atoms with Crippen LogP contribution in [0.25, 0.3) is 0 Å². The lowest BCUT2D eigenvalue weighted by Crippen LogP contribution is -2.30. The van der Waals surface area contributed by atoms with Gasteiger partial charge in [-0.3, -0.25) is 4.79 Å². The maximum absolute atomic E-state index is 11.6. The van der Waals surface area contributed by atoms with Crippen LogP contribution in [-0.2, 0) is 11.4 Å². The van der Waals surface area contributed by atoms with E-state index in [1.165, 1.54) is 11.8 Å². The number of halogens is 1. The summed E-state index contributed by atoms with van der Waals surface area (Å²) >= 11 is 7.01. The molecule has 1 amide bonds. The molecule has 0 fully saturated rings. The van der Waals surface area contributed by atoms with Gasteiger partial charge in [-0.05, 0) is 38.1 Å². The molecule has 2 rings (SSSR count). The normalized spacial score (nSPS) is 12.0. The highest BCUT2D eigenvalue weighted by Crippen LogP contribution is 2.22. The Morgan fingerprint density at radius 2 is 2.14 bits per heavy atom. The van der Waals surface area contributed by atoms with Gasteiger partial charge in [0.1, 0.15) is 5.75 Å². The van der Waals surface area contributed by atoms with Crippen LogP contribution in [-0.4, -0.2) is 27.9 Å². The minimum atomic E-state index is -0.301. The molecule has 0 aliphatic heterocycles. The van der Waals surface area contributed by atoms with E-state index in [9.17, 15) is 4.79 Å². The summed E-state index contributed by atoms with van der Waals surface area (Å²) < 4.78 is 10.9. The van der Waals surface area contributed by atoms with Gasteiger partial charge in [-0.1, -0.05) is 23.4 Å². The minimum absolute atomic E-state index is 0.0651. The van der Waals surface area contributed by atoms with E-state index in [1.807, 2.05) is 6.92 Å². The molecule has 0 aliphatic rings. The molecule has 1 heterocycles. The van der Waals surface area contributed by atoms with Gasteiger partial charge < -0.3 is 14.5 Å². The Hall–Kier alpha value is -1.73. The average Bonchev–Trinajstić information content (AvgIpc) is 2.94. The zero-order chi connectivity index (χ0) is 15.9. The molecule has 118 valence electrons. The van der Waals surface area contributed by atoms with Gasteiger partial charge in [0.25, 0.3) is 11.1 Å². The number of amides is 1. The standard InChI is InChI=1S/C14H16ClN3O3S/c1-3-16-13(19)9(2)22-14-18-17-12(21-14)8-20-11-6-4-10(15)5-7-11/h4-7,9H,3,8H2,1-2H3,(H,16,19). The topological polar surface area (TPSA) is 77.2 Å². The van der Waals surface area contributed by atoms with Crippen molar-refractivity contribution in [2.45, 2.75) is 30.9 Å². The molecule has 1 aromatic heterocycles. The van der Waals surface area contributed by atoms with E-state index in [0.29, 0.717) is 28.4 Å². The van der Waals surface area contributed by atoms with Crippen molar-refractivity contribution in [3.63, 3.8) is 0 Å². The number of hydrogen-bond donors (Lipinski definition) is 1. The quantitative estimate of drug-likeness (QED) is 0.780. The largest absolute Gasteiger partial charge is 0.484 e. The minimum Gasteiger partial charge on any atom is -0.484 e. The molecular weight excluding hydrogens is 326 g/mol. The molecule has 0 saturated heterocycles. The van der Waals surface area contributed by atoms with Crippen molar-refractivity contribution >= 4 is 29.3 Å². The molecule has 0 aliphatic carbocycles. The van der Waals surface area contributed by atoms with Crippen LogP contribution >= 0.6 is 23.4 Å². The second-order valence-corrected chi connectivity index (χ2v) is 6.09. The van der Waals surface area contributed by atoms with Crippen molar-refractivity contribution < 1.29 is 13.9 Å². The Labute approximate surface area is 137 Å². The predicted octanol–water partition coefficient (Wildman–Crippen LogP) is 2.92. The second-order valence-electron chi connectivity index (χ2n) is 4.36. The molecule has 0 spiro atoms.